The average molecular weight is 437 g/mol. The molecule has 3 aromatic rings. The quantitative estimate of drug-likeness (QED) is 0.574. The zero-order chi connectivity index (χ0) is 21.4. The van der Waals surface area contributed by atoms with Gasteiger partial charge in [0.2, 0.25) is 17.7 Å². The zero-order valence-electron chi connectivity index (χ0n) is 16.8. The highest BCUT2D eigenvalue weighted by molar-refractivity contribution is 6.33. The summed E-state index contributed by atoms with van der Waals surface area (Å²) in [5, 5.41) is 8.76. The molecule has 5 rings (SSSR count). The van der Waals surface area contributed by atoms with Gasteiger partial charge in [0.15, 0.2) is 0 Å². The molecule has 0 unspecified atom stereocenters. The van der Waals surface area contributed by atoms with Crippen molar-refractivity contribution in [3.8, 4) is 11.5 Å². The van der Waals surface area contributed by atoms with E-state index in [1.807, 2.05) is 30.3 Å². The van der Waals surface area contributed by atoms with E-state index in [4.69, 9.17) is 16.0 Å². The number of carbonyl (C=O) groups is 2. The summed E-state index contributed by atoms with van der Waals surface area (Å²) in [7, 11) is 0. The third-order valence-corrected chi connectivity index (χ3v) is 5.93. The van der Waals surface area contributed by atoms with Crippen molar-refractivity contribution < 1.29 is 14.0 Å². The first-order chi connectivity index (χ1) is 15.1. The number of benzene rings is 2. The molecule has 2 aliphatic rings. The minimum absolute atomic E-state index is 0.0987. The molecule has 0 N–H and O–H groups in total. The lowest BCUT2D eigenvalue weighted by Crippen LogP contribution is -2.33. The molecule has 2 aromatic carbocycles. The van der Waals surface area contributed by atoms with Crippen molar-refractivity contribution >= 4 is 29.1 Å². The second kappa shape index (κ2) is 8.15. The third kappa shape index (κ3) is 4.05. The van der Waals surface area contributed by atoms with E-state index in [9.17, 15) is 9.59 Å². The Kier molecular flexibility index (Phi) is 5.19. The van der Waals surface area contributed by atoms with Crippen molar-refractivity contribution in [1.82, 2.24) is 15.1 Å². The van der Waals surface area contributed by atoms with E-state index >= 15 is 0 Å². The summed E-state index contributed by atoms with van der Waals surface area (Å²) >= 11 is 6.22. The van der Waals surface area contributed by atoms with Crippen molar-refractivity contribution in [3.63, 3.8) is 0 Å². The van der Waals surface area contributed by atoms with E-state index in [2.05, 4.69) is 10.2 Å². The SMILES string of the molecule is O=C1CCCN1c1cccc(C(=O)N(Cc2nnc(-c3ccccc3Cl)o2)C2CC2)c1. The van der Waals surface area contributed by atoms with Gasteiger partial charge in [-0.1, -0.05) is 29.8 Å². The first-order valence-corrected chi connectivity index (χ1v) is 10.8. The Morgan fingerprint density at radius 3 is 2.74 bits per heavy atom. The van der Waals surface area contributed by atoms with Gasteiger partial charge in [-0.25, -0.2) is 0 Å². The molecule has 7 nitrogen and oxygen atoms in total. The summed E-state index contributed by atoms with van der Waals surface area (Å²) in [4.78, 5) is 28.9. The lowest BCUT2D eigenvalue weighted by atomic mass is 10.1. The van der Waals surface area contributed by atoms with E-state index in [1.165, 1.54) is 0 Å². The monoisotopic (exact) mass is 436 g/mol. The van der Waals surface area contributed by atoms with E-state index in [0.717, 1.165) is 24.9 Å². The van der Waals surface area contributed by atoms with Gasteiger partial charge in [-0.2, -0.15) is 0 Å². The smallest absolute Gasteiger partial charge is 0.254 e. The van der Waals surface area contributed by atoms with Crippen LogP contribution in [-0.4, -0.2) is 39.5 Å². The first kappa shape index (κ1) is 19.8. The summed E-state index contributed by atoms with van der Waals surface area (Å²) in [6, 6.07) is 14.7. The molecule has 1 saturated heterocycles. The second-order valence-electron chi connectivity index (χ2n) is 7.84. The van der Waals surface area contributed by atoms with E-state index in [0.29, 0.717) is 40.9 Å². The number of rotatable bonds is 6. The Morgan fingerprint density at radius 2 is 2.00 bits per heavy atom. The van der Waals surface area contributed by atoms with Crippen LogP contribution in [-0.2, 0) is 11.3 Å². The molecule has 2 amide bonds. The number of nitrogens with zero attached hydrogens (tertiary/aromatic N) is 4. The largest absolute Gasteiger partial charge is 0.419 e. The van der Waals surface area contributed by atoms with Crippen molar-refractivity contribution in [1.29, 1.82) is 0 Å². The number of aromatic nitrogens is 2. The van der Waals surface area contributed by atoms with E-state index in [1.54, 1.807) is 28.0 Å². The Morgan fingerprint density at radius 1 is 1.16 bits per heavy atom. The second-order valence-corrected chi connectivity index (χ2v) is 8.25. The van der Waals surface area contributed by atoms with Gasteiger partial charge < -0.3 is 14.2 Å². The molecule has 1 aliphatic heterocycles. The molecule has 1 aromatic heterocycles. The molecule has 31 heavy (non-hydrogen) atoms. The van der Waals surface area contributed by atoms with Gasteiger partial charge >= 0.3 is 0 Å². The fourth-order valence-electron chi connectivity index (χ4n) is 3.85. The van der Waals surface area contributed by atoms with Crippen LogP contribution < -0.4 is 4.90 Å². The molecule has 8 heteroatoms. The minimum Gasteiger partial charge on any atom is -0.419 e. The average Bonchev–Trinajstić information content (AvgIpc) is 3.36. The molecular formula is C23H21ClN4O3. The van der Waals surface area contributed by atoms with Crippen LogP contribution in [0.3, 0.4) is 0 Å². The summed E-state index contributed by atoms with van der Waals surface area (Å²) in [6.45, 7) is 0.920. The lowest BCUT2D eigenvalue weighted by Gasteiger charge is -2.22. The Labute approximate surface area is 184 Å². The van der Waals surface area contributed by atoms with Gasteiger partial charge in [0, 0.05) is 30.3 Å². The number of hydrogen-bond donors (Lipinski definition) is 0. The maximum absolute atomic E-state index is 13.3. The van der Waals surface area contributed by atoms with Crippen LogP contribution in [0, 0.1) is 0 Å². The standard InChI is InChI=1S/C23H21ClN4O3/c24-19-8-2-1-7-18(19)22-26-25-20(31-22)14-28(16-10-11-16)23(30)15-5-3-6-17(13-15)27-12-4-9-21(27)29/h1-3,5-8,13,16H,4,9-12,14H2. The number of amides is 2. The van der Waals surface area contributed by atoms with Gasteiger partial charge in [0.05, 0.1) is 17.1 Å². The fourth-order valence-corrected chi connectivity index (χ4v) is 4.07. The summed E-state index contributed by atoms with van der Waals surface area (Å²) in [5.41, 5.74) is 1.98. The van der Waals surface area contributed by atoms with Crippen molar-refractivity contribution in [2.75, 3.05) is 11.4 Å². The molecule has 1 saturated carbocycles. The molecule has 1 aliphatic carbocycles. The summed E-state index contributed by atoms with van der Waals surface area (Å²) in [6.07, 6.45) is 3.29. The van der Waals surface area contributed by atoms with Crippen LogP contribution in [0.25, 0.3) is 11.5 Å². The number of carbonyl (C=O) groups excluding carboxylic acids is 2. The predicted molar refractivity (Wildman–Crippen MR) is 116 cm³/mol. The highest BCUT2D eigenvalue weighted by Crippen LogP contribution is 2.32. The van der Waals surface area contributed by atoms with Crippen LogP contribution in [0.15, 0.2) is 52.9 Å². The van der Waals surface area contributed by atoms with Crippen LogP contribution in [0.5, 0.6) is 0 Å². The van der Waals surface area contributed by atoms with Gasteiger partial charge in [-0.05, 0) is 49.6 Å². The highest BCUT2D eigenvalue weighted by Gasteiger charge is 2.34. The topological polar surface area (TPSA) is 79.5 Å². The van der Waals surface area contributed by atoms with Crippen molar-refractivity contribution in [3.05, 3.63) is 65.0 Å². The predicted octanol–water partition coefficient (Wildman–Crippen LogP) is 4.32. The molecule has 0 atom stereocenters. The molecule has 0 bridgehead atoms. The number of halogens is 1. The van der Waals surface area contributed by atoms with Crippen molar-refractivity contribution in [2.45, 2.75) is 38.3 Å². The van der Waals surface area contributed by atoms with Crippen LogP contribution in [0.1, 0.15) is 41.9 Å². The highest BCUT2D eigenvalue weighted by atomic mass is 35.5. The summed E-state index contributed by atoms with van der Waals surface area (Å²) < 4.78 is 5.81. The van der Waals surface area contributed by atoms with E-state index < -0.39 is 0 Å². The molecule has 2 heterocycles. The maximum Gasteiger partial charge on any atom is 0.254 e. The Hall–Kier alpha value is -3.19. The number of anilines is 1. The lowest BCUT2D eigenvalue weighted by molar-refractivity contribution is -0.117. The molecule has 0 spiro atoms. The zero-order valence-corrected chi connectivity index (χ0v) is 17.6. The molecular weight excluding hydrogens is 416 g/mol. The molecule has 0 radical (unpaired) electrons. The van der Waals surface area contributed by atoms with Gasteiger partial charge in [0.25, 0.3) is 5.91 Å². The number of hydrogen-bond acceptors (Lipinski definition) is 5. The Bertz CT molecular complexity index is 1140. The van der Waals surface area contributed by atoms with Gasteiger partial charge in [-0.15, -0.1) is 10.2 Å². The van der Waals surface area contributed by atoms with Crippen LogP contribution in [0.2, 0.25) is 5.02 Å². The fraction of sp³-hybridized carbons (Fsp3) is 0.304. The third-order valence-electron chi connectivity index (χ3n) is 5.60. The Balaban J connectivity index is 1.37. The van der Waals surface area contributed by atoms with Crippen LogP contribution in [0.4, 0.5) is 5.69 Å². The maximum atomic E-state index is 13.3. The van der Waals surface area contributed by atoms with Crippen LogP contribution >= 0.6 is 11.6 Å². The molecule has 2 fully saturated rings. The van der Waals surface area contributed by atoms with E-state index in [-0.39, 0.29) is 24.4 Å². The van der Waals surface area contributed by atoms with Crippen molar-refractivity contribution in [2.24, 2.45) is 0 Å². The summed E-state index contributed by atoms with van der Waals surface area (Å²) in [5.74, 6) is 0.689. The van der Waals surface area contributed by atoms with Gasteiger partial charge in [-0.3, -0.25) is 9.59 Å². The molecule has 158 valence electrons. The first-order valence-electron chi connectivity index (χ1n) is 10.4. The normalized spacial score (nSPS) is 16.0. The minimum atomic E-state index is -0.103. The van der Waals surface area contributed by atoms with Gasteiger partial charge in [0.1, 0.15) is 0 Å².